The van der Waals surface area contributed by atoms with Gasteiger partial charge in [0.2, 0.25) is 17.6 Å². The van der Waals surface area contributed by atoms with Crippen molar-refractivity contribution in [1.82, 2.24) is 14.9 Å². The number of benzene rings is 1. The molecular formula is C29H30F3N5O5. The topological polar surface area (TPSA) is 129 Å². The van der Waals surface area contributed by atoms with E-state index in [2.05, 4.69) is 15.3 Å². The van der Waals surface area contributed by atoms with Crippen LogP contribution in [0.15, 0.2) is 53.1 Å². The third-order valence-electron chi connectivity index (χ3n) is 7.96. The number of amides is 2. The minimum Gasteiger partial charge on any atom is -0.481 e. The molecule has 13 heteroatoms. The number of carbonyl (C=O) groups is 3. The molecule has 5 rings (SSSR count). The standard InChI is InChI=1S/C29H30F3N5O5/c1-36(27(39)20-8-5-9-21(20)28(40)41)19-12-14-37(15-13-19)22-11-10-18(16-33-22)34-25(38)23-24(29(30,31)32)42-26(35-23)17-6-3-2-4-7-17/h2-4,6-7,10-11,16,19-21H,5,8-9,12-15H2,1H3,(H,34,38)(H,40,41)/t20?,21-/m0/s1. The van der Waals surface area contributed by atoms with E-state index < -0.39 is 41.3 Å². The molecule has 10 nitrogen and oxygen atoms in total. The first-order valence-corrected chi connectivity index (χ1v) is 13.7. The number of nitrogens with zero attached hydrogens (tertiary/aromatic N) is 4. The molecular weight excluding hydrogens is 555 g/mol. The molecule has 1 aromatic carbocycles. The second kappa shape index (κ2) is 11.8. The zero-order valence-corrected chi connectivity index (χ0v) is 22.8. The lowest BCUT2D eigenvalue weighted by atomic mass is 9.93. The van der Waals surface area contributed by atoms with Crippen molar-refractivity contribution in [3.63, 3.8) is 0 Å². The molecule has 0 spiro atoms. The SMILES string of the molecule is CN(C(=O)C1CCC[C@@H]1C(=O)O)C1CCN(c2ccc(NC(=O)c3nc(-c4ccccc4)oc3C(F)(F)F)cn2)CC1. The zero-order valence-electron chi connectivity index (χ0n) is 22.8. The molecule has 1 saturated heterocycles. The van der Waals surface area contributed by atoms with E-state index in [1.165, 1.54) is 18.3 Å². The summed E-state index contributed by atoms with van der Waals surface area (Å²) in [4.78, 5) is 49.2. The monoisotopic (exact) mass is 585 g/mol. The zero-order chi connectivity index (χ0) is 30.0. The Morgan fingerprint density at radius 1 is 1.02 bits per heavy atom. The van der Waals surface area contributed by atoms with Gasteiger partial charge in [-0.3, -0.25) is 14.4 Å². The van der Waals surface area contributed by atoms with E-state index in [9.17, 15) is 32.7 Å². The lowest BCUT2D eigenvalue weighted by molar-refractivity contribution is -0.153. The fraction of sp³-hybridized carbons (Fsp3) is 0.414. The molecule has 2 aliphatic rings. The van der Waals surface area contributed by atoms with E-state index in [0.29, 0.717) is 50.2 Å². The number of carboxylic acid groups (broad SMARTS) is 1. The Labute approximate surface area is 239 Å². The minimum atomic E-state index is -4.92. The van der Waals surface area contributed by atoms with Crippen molar-refractivity contribution < 1.29 is 37.1 Å². The van der Waals surface area contributed by atoms with Gasteiger partial charge in [-0.05, 0) is 49.9 Å². The summed E-state index contributed by atoms with van der Waals surface area (Å²) in [6.45, 7) is 1.20. The van der Waals surface area contributed by atoms with E-state index in [1.54, 1.807) is 42.3 Å². The number of piperidine rings is 1. The number of rotatable bonds is 7. The summed E-state index contributed by atoms with van der Waals surface area (Å²) in [5.41, 5.74) is -0.389. The van der Waals surface area contributed by atoms with Crippen molar-refractivity contribution >= 4 is 29.3 Å². The number of hydrogen-bond acceptors (Lipinski definition) is 7. The highest BCUT2D eigenvalue weighted by atomic mass is 19.4. The molecule has 1 saturated carbocycles. The maximum Gasteiger partial charge on any atom is 0.452 e. The van der Waals surface area contributed by atoms with Gasteiger partial charge in [0.1, 0.15) is 5.82 Å². The molecule has 2 amide bonds. The maximum absolute atomic E-state index is 13.6. The molecule has 0 radical (unpaired) electrons. The first-order valence-electron chi connectivity index (χ1n) is 13.7. The lowest BCUT2D eigenvalue weighted by Crippen LogP contribution is -2.48. The van der Waals surface area contributed by atoms with Crippen LogP contribution in [0, 0.1) is 11.8 Å². The van der Waals surface area contributed by atoms with Crippen molar-refractivity contribution in [2.75, 3.05) is 30.4 Å². The molecule has 2 fully saturated rings. The summed E-state index contributed by atoms with van der Waals surface area (Å²) in [7, 11) is 1.73. The van der Waals surface area contributed by atoms with E-state index in [1.807, 2.05) is 4.90 Å². The van der Waals surface area contributed by atoms with Gasteiger partial charge >= 0.3 is 12.1 Å². The highest BCUT2D eigenvalue weighted by molar-refractivity contribution is 6.04. The smallest absolute Gasteiger partial charge is 0.452 e. The molecule has 1 aliphatic heterocycles. The number of aliphatic carboxylic acids is 1. The average Bonchev–Trinajstić information content (AvgIpc) is 3.66. The Hall–Kier alpha value is -4.42. The van der Waals surface area contributed by atoms with Crippen LogP contribution in [0.25, 0.3) is 11.5 Å². The number of alkyl halides is 3. The number of hydrogen-bond donors (Lipinski definition) is 2. The molecule has 1 aliphatic carbocycles. The largest absolute Gasteiger partial charge is 0.481 e. The van der Waals surface area contributed by atoms with Gasteiger partial charge in [-0.15, -0.1) is 0 Å². The third kappa shape index (κ3) is 6.09. The van der Waals surface area contributed by atoms with Crippen molar-refractivity contribution in [2.24, 2.45) is 11.8 Å². The quantitative estimate of drug-likeness (QED) is 0.399. The van der Waals surface area contributed by atoms with Crippen LogP contribution in [-0.2, 0) is 15.8 Å². The molecule has 1 unspecified atom stereocenters. The predicted molar refractivity (Wildman–Crippen MR) is 146 cm³/mol. The average molecular weight is 586 g/mol. The van der Waals surface area contributed by atoms with Crippen LogP contribution in [0.3, 0.4) is 0 Å². The first kappa shape index (κ1) is 29.1. The van der Waals surface area contributed by atoms with Crippen molar-refractivity contribution in [2.45, 2.75) is 44.3 Å². The van der Waals surface area contributed by atoms with Crippen LogP contribution in [0.2, 0.25) is 0 Å². The molecule has 2 atom stereocenters. The lowest BCUT2D eigenvalue weighted by Gasteiger charge is -2.38. The summed E-state index contributed by atoms with van der Waals surface area (Å²) in [5, 5.41) is 11.8. The van der Waals surface area contributed by atoms with Gasteiger partial charge in [0.05, 0.1) is 23.7 Å². The highest BCUT2D eigenvalue weighted by Crippen LogP contribution is 2.36. The molecule has 2 aromatic heterocycles. The molecule has 3 aromatic rings. The Morgan fingerprint density at radius 3 is 2.33 bits per heavy atom. The van der Waals surface area contributed by atoms with Crippen LogP contribution in [0.1, 0.15) is 48.4 Å². The number of nitrogens with one attached hydrogen (secondary N) is 1. The van der Waals surface area contributed by atoms with Gasteiger partial charge in [-0.25, -0.2) is 9.97 Å². The van der Waals surface area contributed by atoms with Gasteiger partial charge < -0.3 is 24.6 Å². The fourth-order valence-corrected chi connectivity index (χ4v) is 5.68. The van der Waals surface area contributed by atoms with Gasteiger partial charge in [0.25, 0.3) is 5.91 Å². The maximum atomic E-state index is 13.6. The van der Waals surface area contributed by atoms with Crippen molar-refractivity contribution in [3.8, 4) is 11.5 Å². The highest BCUT2D eigenvalue weighted by Gasteiger charge is 2.42. The van der Waals surface area contributed by atoms with Gasteiger partial charge in [0.15, 0.2) is 5.69 Å². The molecule has 222 valence electrons. The Kier molecular flexibility index (Phi) is 8.19. The van der Waals surface area contributed by atoms with E-state index in [-0.39, 0.29) is 23.5 Å². The van der Waals surface area contributed by atoms with Gasteiger partial charge in [-0.2, -0.15) is 13.2 Å². The van der Waals surface area contributed by atoms with Gasteiger partial charge in [0, 0.05) is 31.7 Å². The number of aromatic nitrogens is 2. The molecule has 0 bridgehead atoms. The number of pyridine rings is 1. The summed E-state index contributed by atoms with van der Waals surface area (Å²) in [5.74, 6) is -4.41. The summed E-state index contributed by atoms with van der Waals surface area (Å²) >= 11 is 0. The van der Waals surface area contributed by atoms with Crippen LogP contribution < -0.4 is 10.2 Å². The predicted octanol–water partition coefficient (Wildman–Crippen LogP) is 4.94. The molecule has 2 N–H and O–H groups in total. The summed E-state index contributed by atoms with van der Waals surface area (Å²) in [6, 6.07) is 11.2. The Bertz CT molecular complexity index is 1440. The molecule has 3 heterocycles. The first-order chi connectivity index (χ1) is 20.0. The second-order valence-electron chi connectivity index (χ2n) is 10.6. The number of carbonyl (C=O) groups excluding carboxylic acids is 2. The van der Waals surface area contributed by atoms with E-state index in [4.69, 9.17) is 4.42 Å². The number of anilines is 2. The van der Waals surface area contributed by atoms with E-state index >= 15 is 0 Å². The van der Waals surface area contributed by atoms with Crippen LogP contribution in [-0.4, -0.2) is 63.9 Å². The van der Waals surface area contributed by atoms with Crippen LogP contribution >= 0.6 is 0 Å². The van der Waals surface area contributed by atoms with Crippen LogP contribution in [0.4, 0.5) is 24.7 Å². The fourth-order valence-electron chi connectivity index (χ4n) is 5.68. The van der Waals surface area contributed by atoms with Crippen molar-refractivity contribution in [3.05, 3.63) is 60.1 Å². The van der Waals surface area contributed by atoms with E-state index in [0.717, 1.165) is 6.42 Å². The second-order valence-corrected chi connectivity index (χ2v) is 10.6. The van der Waals surface area contributed by atoms with Crippen molar-refractivity contribution in [1.29, 1.82) is 0 Å². The minimum absolute atomic E-state index is 0.0200. The number of carboxylic acids is 1. The van der Waals surface area contributed by atoms with Gasteiger partial charge in [-0.1, -0.05) is 24.6 Å². The Morgan fingerprint density at radius 2 is 1.71 bits per heavy atom. The third-order valence-corrected chi connectivity index (χ3v) is 7.96. The normalized spacial score (nSPS) is 19.5. The summed E-state index contributed by atoms with van der Waals surface area (Å²) < 4.78 is 45.8. The number of oxazole rings is 1. The molecule has 42 heavy (non-hydrogen) atoms. The Balaban J connectivity index is 1.20. The van der Waals surface area contributed by atoms with Crippen LogP contribution in [0.5, 0.6) is 0 Å². The number of halogens is 3. The summed E-state index contributed by atoms with van der Waals surface area (Å²) in [6.07, 6.45) is -0.378.